The number of thioether (sulfide) groups is 1. The van der Waals surface area contributed by atoms with Gasteiger partial charge in [0.05, 0.1) is 0 Å². The van der Waals surface area contributed by atoms with Crippen molar-refractivity contribution in [2.45, 2.75) is 27.2 Å². The molecule has 4 heteroatoms. The van der Waals surface area contributed by atoms with E-state index in [2.05, 4.69) is 24.4 Å². The van der Waals surface area contributed by atoms with Crippen LogP contribution < -0.4 is 5.43 Å². The van der Waals surface area contributed by atoms with Gasteiger partial charge in [-0.3, -0.25) is 5.43 Å². The van der Waals surface area contributed by atoms with Crippen LogP contribution in [0.25, 0.3) is 0 Å². The summed E-state index contributed by atoms with van der Waals surface area (Å²) in [5, 5.41) is 4.14. The maximum absolute atomic E-state index is 4.93. The molecule has 0 saturated heterocycles. The zero-order valence-corrected chi connectivity index (χ0v) is 9.68. The second-order valence-electron chi connectivity index (χ2n) is 3.05. The average Bonchev–Trinajstić information content (AvgIpc) is 1.99. The van der Waals surface area contributed by atoms with Crippen molar-refractivity contribution in [3.05, 3.63) is 0 Å². The molecule has 1 N–H and O–H groups in total. The van der Waals surface area contributed by atoms with Gasteiger partial charge < -0.3 is 0 Å². The van der Waals surface area contributed by atoms with Crippen LogP contribution >= 0.6 is 24.0 Å². The first-order valence-electron chi connectivity index (χ1n) is 3.93. The van der Waals surface area contributed by atoms with Gasteiger partial charge in [0.1, 0.15) is 0 Å². The Morgan fingerprint density at radius 3 is 2.58 bits per heavy atom. The third kappa shape index (κ3) is 6.61. The topological polar surface area (TPSA) is 24.4 Å². The Morgan fingerprint density at radius 1 is 1.58 bits per heavy atom. The Hall–Kier alpha value is -0.0900. The van der Waals surface area contributed by atoms with Crippen LogP contribution in [0.15, 0.2) is 5.10 Å². The van der Waals surface area contributed by atoms with Crippen LogP contribution in [0.3, 0.4) is 0 Å². The van der Waals surface area contributed by atoms with Gasteiger partial charge in [-0.15, -0.1) is 0 Å². The van der Waals surface area contributed by atoms with Crippen LogP contribution in [0.5, 0.6) is 0 Å². The molecule has 0 spiro atoms. The van der Waals surface area contributed by atoms with Crippen LogP contribution in [-0.2, 0) is 0 Å². The fourth-order valence-electron chi connectivity index (χ4n) is 0.823. The van der Waals surface area contributed by atoms with Crippen molar-refractivity contribution >= 4 is 34.0 Å². The summed E-state index contributed by atoms with van der Waals surface area (Å²) in [7, 11) is 0. The predicted octanol–water partition coefficient (Wildman–Crippen LogP) is 2.65. The summed E-state index contributed by atoms with van der Waals surface area (Å²) >= 11 is 6.43. The summed E-state index contributed by atoms with van der Waals surface area (Å²) in [4.78, 5) is 0. The van der Waals surface area contributed by atoms with E-state index in [1.807, 2.05) is 13.2 Å². The Kier molecular flexibility index (Phi) is 6.38. The summed E-state index contributed by atoms with van der Waals surface area (Å²) in [6.45, 7) is 6.35. The predicted molar refractivity (Wildman–Crippen MR) is 61.8 cm³/mol. The van der Waals surface area contributed by atoms with Crippen molar-refractivity contribution in [1.29, 1.82) is 0 Å². The molecule has 0 aromatic heterocycles. The van der Waals surface area contributed by atoms with Crippen molar-refractivity contribution in [2.24, 2.45) is 11.0 Å². The molecule has 0 rings (SSSR count). The van der Waals surface area contributed by atoms with E-state index in [-0.39, 0.29) is 0 Å². The Bertz CT molecular complexity index is 176. The molecule has 0 unspecified atom stereocenters. The van der Waals surface area contributed by atoms with Crippen LogP contribution in [0.2, 0.25) is 0 Å². The first-order chi connectivity index (χ1) is 5.56. The highest BCUT2D eigenvalue weighted by molar-refractivity contribution is 8.22. The smallest absolute Gasteiger partial charge is 0.153 e. The van der Waals surface area contributed by atoms with Crippen LogP contribution in [0.4, 0.5) is 0 Å². The van der Waals surface area contributed by atoms with Crippen LogP contribution in [0.1, 0.15) is 27.2 Å². The lowest BCUT2D eigenvalue weighted by molar-refractivity contribution is 0.679. The van der Waals surface area contributed by atoms with E-state index in [4.69, 9.17) is 12.2 Å². The first kappa shape index (κ1) is 11.9. The van der Waals surface area contributed by atoms with E-state index >= 15 is 0 Å². The first-order valence-corrected chi connectivity index (χ1v) is 5.56. The molecule has 0 heterocycles. The monoisotopic (exact) mass is 204 g/mol. The minimum atomic E-state index is 0.651. The second kappa shape index (κ2) is 6.43. The van der Waals surface area contributed by atoms with Crippen molar-refractivity contribution in [3.8, 4) is 0 Å². The van der Waals surface area contributed by atoms with Gasteiger partial charge in [-0.05, 0) is 25.5 Å². The maximum Gasteiger partial charge on any atom is 0.153 e. The van der Waals surface area contributed by atoms with E-state index in [0.29, 0.717) is 5.92 Å². The zero-order chi connectivity index (χ0) is 9.56. The minimum absolute atomic E-state index is 0.651. The van der Waals surface area contributed by atoms with Crippen molar-refractivity contribution in [3.63, 3.8) is 0 Å². The number of rotatable bonds is 3. The number of nitrogens with one attached hydrogen (secondary N) is 1. The Balaban J connectivity index is 3.76. The van der Waals surface area contributed by atoms with E-state index in [9.17, 15) is 0 Å². The molecule has 0 radical (unpaired) electrons. The lowest BCUT2D eigenvalue weighted by Gasteiger charge is -2.04. The quantitative estimate of drug-likeness (QED) is 0.434. The maximum atomic E-state index is 4.93. The van der Waals surface area contributed by atoms with E-state index < -0.39 is 0 Å². The lowest BCUT2D eigenvalue weighted by Crippen LogP contribution is -2.13. The lowest BCUT2D eigenvalue weighted by atomic mass is 10.1. The number of hydrogen-bond donors (Lipinski definition) is 1. The van der Waals surface area contributed by atoms with Crippen molar-refractivity contribution in [1.82, 2.24) is 5.43 Å². The average molecular weight is 204 g/mol. The molecule has 0 aliphatic rings. The highest BCUT2D eigenvalue weighted by Crippen LogP contribution is 2.01. The number of thiocarbonyl (C=S) groups is 1. The Labute approximate surface area is 84.2 Å². The van der Waals surface area contributed by atoms with Gasteiger partial charge >= 0.3 is 0 Å². The van der Waals surface area contributed by atoms with Crippen molar-refractivity contribution < 1.29 is 0 Å². The van der Waals surface area contributed by atoms with E-state index in [1.54, 1.807) is 0 Å². The molecule has 0 atom stereocenters. The SMILES string of the molecule is CSC(=S)N/N=C(\C)CC(C)C. The zero-order valence-electron chi connectivity index (χ0n) is 8.05. The summed E-state index contributed by atoms with van der Waals surface area (Å²) in [6.07, 6.45) is 2.95. The molecule has 0 amide bonds. The van der Waals surface area contributed by atoms with Gasteiger partial charge in [0.2, 0.25) is 0 Å². The highest BCUT2D eigenvalue weighted by atomic mass is 32.2. The molecule has 0 bridgehead atoms. The largest absolute Gasteiger partial charge is 0.262 e. The fourth-order valence-corrected chi connectivity index (χ4v) is 1.01. The molecule has 0 fully saturated rings. The Morgan fingerprint density at radius 2 is 2.17 bits per heavy atom. The number of hydrogen-bond acceptors (Lipinski definition) is 3. The van der Waals surface area contributed by atoms with Gasteiger partial charge in [-0.25, -0.2) is 0 Å². The van der Waals surface area contributed by atoms with E-state index in [1.165, 1.54) is 11.8 Å². The molecule has 0 aliphatic carbocycles. The molecule has 0 aromatic carbocycles. The number of nitrogens with zero attached hydrogens (tertiary/aromatic N) is 1. The van der Waals surface area contributed by atoms with Gasteiger partial charge in [0, 0.05) is 5.71 Å². The summed E-state index contributed by atoms with van der Waals surface area (Å²) in [6, 6.07) is 0. The molecule has 12 heavy (non-hydrogen) atoms. The molecular formula is C8H16N2S2. The highest BCUT2D eigenvalue weighted by Gasteiger charge is 1.97. The van der Waals surface area contributed by atoms with Crippen molar-refractivity contribution in [2.75, 3.05) is 6.26 Å². The summed E-state index contributed by atoms with van der Waals surface area (Å²) < 4.78 is 0.720. The second-order valence-corrected chi connectivity index (χ2v) is 4.53. The fraction of sp³-hybridized carbons (Fsp3) is 0.750. The van der Waals surface area contributed by atoms with Gasteiger partial charge in [-0.1, -0.05) is 37.8 Å². The third-order valence-corrected chi connectivity index (χ3v) is 2.28. The third-order valence-electron chi connectivity index (χ3n) is 1.23. The summed E-state index contributed by atoms with van der Waals surface area (Å²) in [5.41, 5.74) is 3.92. The molecule has 70 valence electrons. The molecule has 2 nitrogen and oxygen atoms in total. The van der Waals surface area contributed by atoms with Gasteiger partial charge in [0.15, 0.2) is 4.32 Å². The van der Waals surface area contributed by atoms with Gasteiger partial charge in [-0.2, -0.15) is 5.10 Å². The molecule has 0 saturated carbocycles. The summed E-state index contributed by atoms with van der Waals surface area (Å²) in [5.74, 6) is 0.651. The number of hydrazone groups is 1. The molecule has 0 aliphatic heterocycles. The van der Waals surface area contributed by atoms with Crippen LogP contribution in [-0.4, -0.2) is 16.3 Å². The normalized spacial score (nSPS) is 11.9. The molecule has 0 aromatic rings. The van der Waals surface area contributed by atoms with Crippen LogP contribution in [0, 0.1) is 5.92 Å². The van der Waals surface area contributed by atoms with E-state index in [0.717, 1.165) is 16.5 Å². The standard InChI is InChI=1S/C8H16N2S2/c1-6(2)5-7(3)9-10-8(11)12-4/h6H,5H2,1-4H3,(H,10,11)/b9-7+. The van der Waals surface area contributed by atoms with Gasteiger partial charge in [0.25, 0.3) is 0 Å². The molecular weight excluding hydrogens is 188 g/mol. The minimum Gasteiger partial charge on any atom is -0.262 e.